The van der Waals surface area contributed by atoms with Gasteiger partial charge in [-0.3, -0.25) is 4.79 Å². The van der Waals surface area contributed by atoms with E-state index >= 15 is 0 Å². The van der Waals surface area contributed by atoms with Crippen LogP contribution in [0.3, 0.4) is 0 Å². The van der Waals surface area contributed by atoms with Crippen molar-refractivity contribution in [1.29, 1.82) is 0 Å². The molecule has 0 saturated carbocycles. The van der Waals surface area contributed by atoms with Crippen LogP contribution in [0.1, 0.15) is 24.5 Å². The minimum atomic E-state index is -0.385. The second-order valence-corrected chi connectivity index (χ2v) is 3.22. The Morgan fingerprint density at radius 1 is 1.50 bits per heavy atom. The number of benzene rings is 1. The third-order valence-electron chi connectivity index (χ3n) is 1.97. The lowest BCUT2D eigenvalue weighted by molar-refractivity contribution is -0.141. The van der Waals surface area contributed by atoms with Crippen LogP contribution in [0.25, 0.3) is 0 Å². The SMILES string of the molecule is CCOC(=O)CC#Cc1c(C)cccc1F. The molecule has 0 saturated heterocycles. The van der Waals surface area contributed by atoms with Gasteiger partial charge in [-0.2, -0.15) is 0 Å². The molecule has 0 spiro atoms. The predicted octanol–water partition coefficient (Wildman–Crippen LogP) is 2.44. The number of carbonyl (C=O) groups is 1. The van der Waals surface area contributed by atoms with Gasteiger partial charge in [-0.15, -0.1) is 0 Å². The number of hydrogen-bond donors (Lipinski definition) is 0. The van der Waals surface area contributed by atoms with Crippen molar-refractivity contribution in [3.05, 3.63) is 35.1 Å². The second-order valence-electron chi connectivity index (χ2n) is 3.22. The van der Waals surface area contributed by atoms with E-state index in [4.69, 9.17) is 4.74 Å². The van der Waals surface area contributed by atoms with Gasteiger partial charge in [0.2, 0.25) is 0 Å². The van der Waals surface area contributed by atoms with Gasteiger partial charge in [-0.25, -0.2) is 4.39 Å². The molecular formula is C13H13FO2. The van der Waals surface area contributed by atoms with Crippen molar-refractivity contribution >= 4 is 5.97 Å². The van der Waals surface area contributed by atoms with Crippen LogP contribution in [0.5, 0.6) is 0 Å². The Labute approximate surface area is 94.4 Å². The standard InChI is InChI=1S/C13H13FO2/c1-3-16-13(15)9-5-7-11-10(2)6-4-8-12(11)14/h4,6,8H,3,9H2,1-2H3. The summed E-state index contributed by atoms with van der Waals surface area (Å²) in [7, 11) is 0. The summed E-state index contributed by atoms with van der Waals surface area (Å²) in [5, 5.41) is 0. The summed E-state index contributed by atoms with van der Waals surface area (Å²) in [4.78, 5) is 11.0. The molecule has 0 amide bonds. The Morgan fingerprint density at radius 3 is 2.88 bits per heavy atom. The summed E-state index contributed by atoms with van der Waals surface area (Å²) in [6.45, 7) is 3.84. The quantitative estimate of drug-likeness (QED) is 0.565. The highest BCUT2D eigenvalue weighted by Crippen LogP contribution is 2.10. The molecule has 0 atom stereocenters. The summed E-state index contributed by atoms with van der Waals surface area (Å²) in [6, 6.07) is 4.75. The zero-order valence-corrected chi connectivity index (χ0v) is 9.34. The van der Waals surface area contributed by atoms with Crippen molar-refractivity contribution in [3.63, 3.8) is 0 Å². The van der Waals surface area contributed by atoms with Gasteiger partial charge in [0.05, 0.1) is 12.2 Å². The summed E-state index contributed by atoms with van der Waals surface area (Å²) >= 11 is 0. The lowest BCUT2D eigenvalue weighted by Crippen LogP contribution is -2.01. The van der Waals surface area contributed by atoms with Crippen molar-refractivity contribution in [2.24, 2.45) is 0 Å². The molecule has 0 heterocycles. The number of ether oxygens (including phenoxy) is 1. The zero-order chi connectivity index (χ0) is 12.0. The highest BCUT2D eigenvalue weighted by atomic mass is 19.1. The van der Waals surface area contributed by atoms with Gasteiger partial charge < -0.3 is 4.74 Å². The Hall–Kier alpha value is -1.82. The van der Waals surface area contributed by atoms with Crippen LogP contribution in [0.15, 0.2) is 18.2 Å². The second kappa shape index (κ2) is 5.92. The van der Waals surface area contributed by atoms with E-state index in [-0.39, 0.29) is 18.2 Å². The number of aryl methyl sites for hydroxylation is 1. The summed E-state index contributed by atoms with van der Waals surface area (Å²) in [5.41, 5.74) is 1.10. The van der Waals surface area contributed by atoms with Crippen molar-refractivity contribution < 1.29 is 13.9 Å². The first-order valence-corrected chi connectivity index (χ1v) is 5.04. The fourth-order valence-corrected chi connectivity index (χ4v) is 1.21. The molecule has 16 heavy (non-hydrogen) atoms. The van der Waals surface area contributed by atoms with E-state index in [9.17, 15) is 9.18 Å². The Kier molecular flexibility index (Phi) is 4.53. The highest BCUT2D eigenvalue weighted by Gasteiger charge is 2.01. The van der Waals surface area contributed by atoms with Crippen molar-refractivity contribution in [2.75, 3.05) is 6.61 Å². The highest BCUT2D eigenvalue weighted by molar-refractivity contribution is 5.72. The molecule has 1 rings (SSSR count). The molecule has 0 aliphatic rings. The van der Waals surface area contributed by atoms with Crippen LogP contribution in [-0.2, 0) is 9.53 Å². The minimum absolute atomic E-state index is 0.0123. The number of hydrogen-bond acceptors (Lipinski definition) is 2. The number of halogens is 1. The maximum Gasteiger partial charge on any atom is 0.317 e. The van der Waals surface area contributed by atoms with E-state index in [0.717, 1.165) is 5.56 Å². The predicted molar refractivity (Wildman–Crippen MR) is 59.3 cm³/mol. The van der Waals surface area contributed by atoms with Crippen LogP contribution in [0.4, 0.5) is 4.39 Å². The van der Waals surface area contributed by atoms with Gasteiger partial charge in [0.15, 0.2) is 0 Å². The molecular weight excluding hydrogens is 207 g/mol. The van der Waals surface area contributed by atoms with E-state index in [0.29, 0.717) is 12.2 Å². The largest absolute Gasteiger partial charge is 0.465 e. The molecule has 0 bridgehead atoms. The third-order valence-corrected chi connectivity index (χ3v) is 1.97. The molecule has 0 N–H and O–H groups in total. The molecule has 0 unspecified atom stereocenters. The molecule has 2 nitrogen and oxygen atoms in total. The molecule has 0 aromatic heterocycles. The van der Waals surface area contributed by atoms with Gasteiger partial charge in [-0.1, -0.05) is 24.0 Å². The first-order valence-electron chi connectivity index (χ1n) is 5.04. The smallest absolute Gasteiger partial charge is 0.317 e. The lowest BCUT2D eigenvalue weighted by Gasteiger charge is -1.98. The molecule has 3 heteroatoms. The monoisotopic (exact) mass is 220 g/mol. The summed E-state index contributed by atoms with van der Waals surface area (Å²) in [6.07, 6.45) is -0.0123. The fourth-order valence-electron chi connectivity index (χ4n) is 1.21. The molecule has 0 aliphatic carbocycles. The minimum Gasteiger partial charge on any atom is -0.465 e. The zero-order valence-electron chi connectivity index (χ0n) is 9.34. The molecule has 0 radical (unpaired) electrons. The van der Waals surface area contributed by atoms with Crippen LogP contribution >= 0.6 is 0 Å². The van der Waals surface area contributed by atoms with Crippen molar-refractivity contribution in [2.45, 2.75) is 20.3 Å². The summed E-state index contributed by atoms with van der Waals surface area (Å²) in [5.74, 6) is 4.50. The Bertz CT molecular complexity index is 421. The Balaban J connectivity index is 2.74. The van der Waals surface area contributed by atoms with Gasteiger partial charge in [0.1, 0.15) is 12.2 Å². The van der Waals surface area contributed by atoms with Crippen LogP contribution in [0.2, 0.25) is 0 Å². The number of rotatable bonds is 2. The first-order chi connectivity index (χ1) is 7.65. The van der Waals surface area contributed by atoms with Crippen LogP contribution in [-0.4, -0.2) is 12.6 Å². The molecule has 0 fully saturated rings. The Morgan fingerprint density at radius 2 is 2.25 bits per heavy atom. The van der Waals surface area contributed by atoms with Gasteiger partial charge >= 0.3 is 5.97 Å². The van der Waals surface area contributed by atoms with Gasteiger partial charge in [0, 0.05) is 0 Å². The number of carbonyl (C=O) groups excluding carboxylic acids is 1. The average Bonchev–Trinajstić information content (AvgIpc) is 2.23. The van der Waals surface area contributed by atoms with E-state index < -0.39 is 0 Å². The fraction of sp³-hybridized carbons (Fsp3) is 0.308. The van der Waals surface area contributed by atoms with Gasteiger partial charge in [0.25, 0.3) is 0 Å². The molecule has 0 aliphatic heterocycles. The van der Waals surface area contributed by atoms with E-state index in [1.165, 1.54) is 6.07 Å². The first kappa shape index (κ1) is 12.3. The normalized spacial score (nSPS) is 9.19. The van der Waals surface area contributed by atoms with Crippen LogP contribution < -0.4 is 0 Å². The number of esters is 1. The van der Waals surface area contributed by atoms with E-state index in [1.807, 2.05) is 0 Å². The van der Waals surface area contributed by atoms with E-state index in [2.05, 4.69) is 11.8 Å². The maximum absolute atomic E-state index is 13.3. The van der Waals surface area contributed by atoms with Crippen molar-refractivity contribution in [3.8, 4) is 11.8 Å². The average molecular weight is 220 g/mol. The van der Waals surface area contributed by atoms with Gasteiger partial charge in [-0.05, 0) is 25.5 Å². The third kappa shape index (κ3) is 3.39. The van der Waals surface area contributed by atoms with Crippen LogP contribution in [0, 0.1) is 24.6 Å². The lowest BCUT2D eigenvalue weighted by atomic mass is 10.1. The topological polar surface area (TPSA) is 26.3 Å². The summed E-state index contributed by atoms with van der Waals surface area (Å²) < 4.78 is 18.0. The molecule has 84 valence electrons. The molecule has 1 aromatic carbocycles. The van der Waals surface area contributed by atoms with Crippen molar-refractivity contribution in [1.82, 2.24) is 0 Å². The maximum atomic E-state index is 13.3. The molecule has 1 aromatic rings. The van der Waals surface area contributed by atoms with E-state index in [1.54, 1.807) is 26.0 Å².